The van der Waals surface area contributed by atoms with Gasteiger partial charge in [-0.1, -0.05) is 13.8 Å². The number of aromatic nitrogens is 2. The van der Waals surface area contributed by atoms with Crippen molar-refractivity contribution in [2.75, 3.05) is 21.2 Å². The van der Waals surface area contributed by atoms with Crippen molar-refractivity contribution in [1.29, 1.82) is 0 Å². The maximum Gasteiger partial charge on any atom is 0.329 e. The number of esters is 1. The number of ether oxygens (including phenoxy) is 1. The SMILES string of the molecule is CCC(C(=O)OC)n1c(CN(C)C)nc2sc3c(c2c1=O)CCC(C)C3. The average Bonchev–Trinajstić information content (AvgIpc) is 2.94. The van der Waals surface area contributed by atoms with Gasteiger partial charge in [0.25, 0.3) is 5.56 Å². The summed E-state index contributed by atoms with van der Waals surface area (Å²) in [7, 11) is 5.23. The number of thiophene rings is 1. The van der Waals surface area contributed by atoms with Crippen molar-refractivity contribution in [2.45, 2.75) is 52.1 Å². The Bertz CT molecular complexity index is 884. The van der Waals surface area contributed by atoms with E-state index in [4.69, 9.17) is 9.72 Å². The highest BCUT2D eigenvalue weighted by Gasteiger charge is 2.29. The van der Waals surface area contributed by atoms with Crippen LogP contribution >= 0.6 is 11.3 Å². The first-order chi connectivity index (χ1) is 12.4. The largest absolute Gasteiger partial charge is 0.467 e. The summed E-state index contributed by atoms with van der Waals surface area (Å²) >= 11 is 1.64. The number of hydrogen-bond acceptors (Lipinski definition) is 6. The lowest BCUT2D eigenvalue weighted by atomic mass is 9.89. The first-order valence-corrected chi connectivity index (χ1v) is 9.97. The molecule has 2 aromatic rings. The van der Waals surface area contributed by atoms with Crippen LogP contribution in [0.1, 0.15) is 49.0 Å². The third-order valence-electron chi connectivity index (χ3n) is 5.06. The summed E-state index contributed by atoms with van der Waals surface area (Å²) < 4.78 is 6.52. The Morgan fingerprint density at radius 2 is 2.19 bits per heavy atom. The van der Waals surface area contributed by atoms with E-state index in [9.17, 15) is 9.59 Å². The van der Waals surface area contributed by atoms with E-state index in [0.29, 0.717) is 30.1 Å². The Morgan fingerprint density at radius 3 is 2.81 bits per heavy atom. The first-order valence-electron chi connectivity index (χ1n) is 9.15. The Kier molecular flexibility index (Phi) is 5.48. The van der Waals surface area contributed by atoms with E-state index in [0.717, 1.165) is 29.7 Å². The second-order valence-electron chi connectivity index (χ2n) is 7.42. The number of carbonyl (C=O) groups excluding carboxylic acids is 1. The van der Waals surface area contributed by atoms with Crippen molar-refractivity contribution in [3.8, 4) is 0 Å². The van der Waals surface area contributed by atoms with Crippen molar-refractivity contribution in [1.82, 2.24) is 14.5 Å². The fourth-order valence-electron chi connectivity index (χ4n) is 3.75. The quantitative estimate of drug-likeness (QED) is 0.750. The number of methoxy groups -OCH3 is 1. The lowest BCUT2D eigenvalue weighted by molar-refractivity contribution is -0.144. The van der Waals surface area contributed by atoms with Gasteiger partial charge >= 0.3 is 5.97 Å². The number of rotatable bonds is 5. The van der Waals surface area contributed by atoms with Crippen LogP contribution in [0.3, 0.4) is 0 Å². The van der Waals surface area contributed by atoms with E-state index in [1.165, 1.54) is 12.0 Å². The minimum Gasteiger partial charge on any atom is -0.467 e. The van der Waals surface area contributed by atoms with Gasteiger partial charge < -0.3 is 9.64 Å². The first kappa shape index (κ1) is 19.0. The van der Waals surface area contributed by atoms with E-state index in [1.807, 2.05) is 25.9 Å². The van der Waals surface area contributed by atoms with Crippen molar-refractivity contribution in [3.63, 3.8) is 0 Å². The van der Waals surface area contributed by atoms with Crippen LogP contribution in [0.5, 0.6) is 0 Å². The number of carbonyl (C=O) groups is 1. The molecule has 0 radical (unpaired) electrons. The van der Waals surface area contributed by atoms with Gasteiger partial charge in [0, 0.05) is 4.88 Å². The van der Waals surface area contributed by atoms with Gasteiger partial charge in [-0.2, -0.15) is 0 Å². The summed E-state index contributed by atoms with van der Waals surface area (Å²) in [6, 6.07) is -0.641. The van der Waals surface area contributed by atoms with Gasteiger partial charge in [0.2, 0.25) is 0 Å². The highest BCUT2D eigenvalue weighted by molar-refractivity contribution is 7.18. The van der Waals surface area contributed by atoms with Gasteiger partial charge in [-0.15, -0.1) is 11.3 Å². The van der Waals surface area contributed by atoms with Crippen molar-refractivity contribution in [2.24, 2.45) is 5.92 Å². The molecule has 1 aliphatic rings. The molecule has 2 unspecified atom stereocenters. The zero-order chi connectivity index (χ0) is 19.0. The van der Waals surface area contributed by atoms with Gasteiger partial charge in [0.05, 0.1) is 19.0 Å². The molecule has 1 aliphatic carbocycles. The lowest BCUT2D eigenvalue weighted by Gasteiger charge is -2.22. The molecule has 0 aliphatic heterocycles. The molecule has 0 spiro atoms. The average molecular weight is 378 g/mol. The Balaban J connectivity index is 2.28. The Morgan fingerprint density at radius 1 is 1.46 bits per heavy atom. The van der Waals surface area contributed by atoms with Crippen LogP contribution in [-0.2, 0) is 28.9 Å². The molecule has 6 nitrogen and oxygen atoms in total. The molecule has 0 N–H and O–H groups in total. The summed E-state index contributed by atoms with van der Waals surface area (Å²) in [6.07, 6.45) is 3.50. The maximum absolute atomic E-state index is 13.5. The van der Waals surface area contributed by atoms with Gasteiger partial charge in [-0.05, 0) is 51.3 Å². The van der Waals surface area contributed by atoms with Gasteiger partial charge in [-0.3, -0.25) is 9.36 Å². The molecule has 0 bridgehead atoms. The van der Waals surface area contributed by atoms with Crippen LogP contribution in [0.15, 0.2) is 4.79 Å². The Hall–Kier alpha value is -1.73. The monoisotopic (exact) mass is 377 g/mol. The topological polar surface area (TPSA) is 64.4 Å². The molecule has 2 heterocycles. The van der Waals surface area contributed by atoms with Crippen LogP contribution in [0.2, 0.25) is 0 Å². The third kappa shape index (κ3) is 3.30. The summed E-state index contributed by atoms with van der Waals surface area (Å²) in [6.45, 7) is 4.64. The molecule has 2 aromatic heterocycles. The van der Waals surface area contributed by atoms with Crippen LogP contribution in [-0.4, -0.2) is 41.6 Å². The van der Waals surface area contributed by atoms with Crippen molar-refractivity contribution < 1.29 is 9.53 Å². The van der Waals surface area contributed by atoms with E-state index in [1.54, 1.807) is 15.9 Å². The summed E-state index contributed by atoms with van der Waals surface area (Å²) in [5.74, 6) is 0.863. The lowest BCUT2D eigenvalue weighted by Crippen LogP contribution is -2.35. The second kappa shape index (κ2) is 7.48. The number of nitrogens with zero attached hydrogens (tertiary/aromatic N) is 3. The second-order valence-corrected chi connectivity index (χ2v) is 8.50. The van der Waals surface area contributed by atoms with E-state index >= 15 is 0 Å². The van der Waals surface area contributed by atoms with Gasteiger partial charge in [0.1, 0.15) is 16.7 Å². The molecular weight excluding hydrogens is 350 g/mol. The molecule has 0 saturated carbocycles. The summed E-state index contributed by atoms with van der Waals surface area (Å²) in [5.41, 5.74) is 1.04. The molecule has 7 heteroatoms. The number of fused-ring (bicyclic) bond motifs is 3. The Labute approximate surface area is 157 Å². The third-order valence-corrected chi connectivity index (χ3v) is 6.21. The smallest absolute Gasteiger partial charge is 0.329 e. The molecule has 0 amide bonds. The van der Waals surface area contributed by atoms with Crippen LogP contribution in [0.4, 0.5) is 0 Å². The molecule has 0 aromatic carbocycles. The zero-order valence-electron chi connectivity index (χ0n) is 16.2. The summed E-state index contributed by atoms with van der Waals surface area (Å²) in [4.78, 5) is 34.7. The zero-order valence-corrected chi connectivity index (χ0v) is 17.0. The van der Waals surface area contributed by atoms with Crippen LogP contribution in [0, 0.1) is 5.92 Å². The minimum atomic E-state index is -0.641. The van der Waals surface area contributed by atoms with E-state index < -0.39 is 12.0 Å². The van der Waals surface area contributed by atoms with E-state index in [2.05, 4.69) is 6.92 Å². The predicted molar refractivity (Wildman–Crippen MR) is 104 cm³/mol. The van der Waals surface area contributed by atoms with Gasteiger partial charge in [0.15, 0.2) is 0 Å². The normalized spacial score (nSPS) is 18.2. The predicted octanol–water partition coefficient (Wildman–Crippen LogP) is 2.77. The number of hydrogen-bond donors (Lipinski definition) is 0. The van der Waals surface area contributed by atoms with E-state index in [-0.39, 0.29) is 5.56 Å². The van der Waals surface area contributed by atoms with Gasteiger partial charge in [-0.25, -0.2) is 9.78 Å². The molecule has 26 heavy (non-hydrogen) atoms. The molecular formula is C19H27N3O3S. The highest BCUT2D eigenvalue weighted by atomic mass is 32.1. The fourth-order valence-corrected chi connectivity index (χ4v) is 5.14. The minimum absolute atomic E-state index is 0.101. The van der Waals surface area contributed by atoms with Crippen LogP contribution < -0.4 is 5.56 Å². The molecule has 2 atom stereocenters. The van der Waals surface area contributed by atoms with Crippen molar-refractivity contribution >= 4 is 27.5 Å². The molecule has 0 saturated heterocycles. The summed E-state index contributed by atoms with van der Waals surface area (Å²) in [5, 5.41) is 0.710. The van der Waals surface area contributed by atoms with Crippen LogP contribution in [0.25, 0.3) is 10.2 Å². The molecule has 3 rings (SSSR count). The van der Waals surface area contributed by atoms with Crippen molar-refractivity contribution in [3.05, 3.63) is 26.6 Å². The molecule has 0 fully saturated rings. The highest BCUT2D eigenvalue weighted by Crippen LogP contribution is 2.36. The fraction of sp³-hybridized carbons (Fsp3) is 0.632. The molecule has 142 valence electrons. The maximum atomic E-state index is 13.5. The number of aryl methyl sites for hydroxylation is 1. The standard InChI is InChI=1S/C19H27N3O3S/c1-6-13(19(24)25-5)22-15(10-21(3)4)20-17-16(18(22)23)12-8-7-11(2)9-14(12)26-17/h11,13H,6-10H2,1-5H3.